The van der Waals surface area contributed by atoms with Gasteiger partial charge in [0.15, 0.2) is 11.6 Å². The maximum Gasteiger partial charge on any atom is 0.201 e. The van der Waals surface area contributed by atoms with Crippen molar-refractivity contribution in [2.75, 3.05) is 0 Å². The summed E-state index contributed by atoms with van der Waals surface area (Å²) in [6.07, 6.45) is 0.644. The van der Waals surface area contributed by atoms with Gasteiger partial charge in [-0.15, -0.1) is 0 Å². The molecule has 0 atom stereocenters. The zero-order valence-electron chi connectivity index (χ0n) is 18.0. The highest BCUT2D eigenvalue weighted by Gasteiger charge is 2.16. The zero-order valence-corrected chi connectivity index (χ0v) is 18.0. The third-order valence-electron chi connectivity index (χ3n) is 5.53. The van der Waals surface area contributed by atoms with Crippen LogP contribution in [-0.4, -0.2) is 0 Å². The molecule has 0 aromatic heterocycles. The smallest absolute Gasteiger partial charge is 0.201 e. The quantitative estimate of drug-likeness (QED) is 0.301. The van der Waals surface area contributed by atoms with Crippen LogP contribution < -0.4 is 4.74 Å². The van der Waals surface area contributed by atoms with Gasteiger partial charge in [0.1, 0.15) is 12.4 Å². The van der Waals surface area contributed by atoms with Gasteiger partial charge in [-0.25, -0.2) is 8.78 Å². The third kappa shape index (κ3) is 4.54. The number of benzene rings is 4. The van der Waals surface area contributed by atoms with E-state index >= 15 is 0 Å². The van der Waals surface area contributed by atoms with Crippen LogP contribution in [0.5, 0.6) is 5.75 Å². The third-order valence-corrected chi connectivity index (χ3v) is 5.53. The van der Waals surface area contributed by atoms with Crippen molar-refractivity contribution in [2.45, 2.75) is 26.9 Å². The second-order valence-electron chi connectivity index (χ2n) is 7.75. The molecule has 0 spiro atoms. The maximum atomic E-state index is 14.6. The number of rotatable bonds is 6. The van der Waals surface area contributed by atoms with E-state index in [9.17, 15) is 13.2 Å². The molecule has 0 aliphatic carbocycles. The van der Waals surface area contributed by atoms with Crippen LogP contribution in [0.15, 0.2) is 78.9 Å². The fraction of sp³-hybridized carbons (Fsp3) is 0.143. The minimum Gasteiger partial charge on any atom is -0.486 e. The van der Waals surface area contributed by atoms with Gasteiger partial charge in [-0.05, 0) is 59.4 Å². The van der Waals surface area contributed by atoms with Crippen molar-refractivity contribution in [1.82, 2.24) is 0 Å². The van der Waals surface area contributed by atoms with Gasteiger partial charge in [-0.3, -0.25) is 0 Å². The van der Waals surface area contributed by atoms with Crippen molar-refractivity contribution in [3.8, 4) is 28.0 Å². The van der Waals surface area contributed by atoms with E-state index in [4.69, 9.17) is 4.74 Å². The molecule has 0 aliphatic rings. The maximum absolute atomic E-state index is 14.6. The lowest BCUT2D eigenvalue weighted by atomic mass is 10.0. The molecule has 0 unspecified atom stereocenters. The first-order valence-electron chi connectivity index (χ1n) is 10.5. The Morgan fingerprint density at radius 1 is 0.688 bits per heavy atom. The Bertz CT molecular complexity index is 1230. The van der Waals surface area contributed by atoms with E-state index < -0.39 is 11.6 Å². The second kappa shape index (κ2) is 9.31. The Kier molecular flexibility index (Phi) is 6.31. The number of hydrogen-bond acceptors (Lipinski definition) is 1. The average molecular weight is 432 g/mol. The standard InChI is InChI=1S/C28H23F3O/c1-3-20-12-13-23(16-25(20)29)21-10-6-19(7-11-21)17-32-26-15-14-24(27(30)28(26)31)22-8-4-18(2)5-9-22/h4-16H,3,17H2,1-2H3. The van der Waals surface area contributed by atoms with Crippen molar-refractivity contribution < 1.29 is 17.9 Å². The van der Waals surface area contributed by atoms with E-state index in [1.54, 1.807) is 18.2 Å². The minimum atomic E-state index is -1.01. The number of ether oxygens (including phenoxy) is 1. The molecule has 0 bridgehead atoms. The van der Waals surface area contributed by atoms with E-state index in [1.807, 2.05) is 56.3 Å². The second-order valence-corrected chi connectivity index (χ2v) is 7.75. The largest absolute Gasteiger partial charge is 0.486 e. The lowest BCUT2D eigenvalue weighted by Crippen LogP contribution is -2.00. The molecule has 4 aromatic rings. The van der Waals surface area contributed by atoms with E-state index in [2.05, 4.69) is 0 Å². The molecule has 0 fully saturated rings. The van der Waals surface area contributed by atoms with Crippen LogP contribution in [0.4, 0.5) is 13.2 Å². The minimum absolute atomic E-state index is 0.0870. The Morgan fingerprint density at radius 2 is 1.34 bits per heavy atom. The van der Waals surface area contributed by atoms with Crippen LogP contribution in [0.2, 0.25) is 0 Å². The predicted molar refractivity (Wildman–Crippen MR) is 122 cm³/mol. The van der Waals surface area contributed by atoms with Crippen LogP contribution in [0.25, 0.3) is 22.3 Å². The van der Waals surface area contributed by atoms with Crippen molar-refractivity contribution in [1.29, 1.82) is 0 Å². The van der Waals surface area contributed by atoms with Gasteiger partial charge in [0, 0.05) is 5.56 Å². The van der Waals surface area contributed by atoms with Crippen molar-refractivity contribution in [2.24, 2.45) is 0 Å². The van der Waals surface area contributed by atoms with Crippen LogP contribution in [0, 0.1) is 24.4 Å². The van der Waals surface area contributed by atoms with Gasteiger partial charge in [-0.2, -0.15) is 4.39 Å². The molecule has 0 amide bonds. The summed E-state index contributed by atoms with van der Waals surface area (Å²) < 4.78 is 48.8. The summed E-state index contributed by atoms with van der Waals surface area (Å²) in [7, 11) is 0. The Balaban J connectivity index is 1.47. The molecular formula is C28H23F3O. The molecule has 0 N–H and O–H groups in total. The van der Waals surface area contributed by atoms with E-state index in [-0.39, 0.29) is 23.7 Å². The number of aryl methyl sites for hydroxylation is 2. The molecule has 0 saturated carbocycles. The molecule has 32 heavy (non-hydrogen) atoms. The van der Waals surface area contributed by atoms with Crippen molar-refractivity contribution >= 4 is 0 Å². The van der Waals surface area contributed by atoms with Gasteiger partial charge in [0.25, 0.3) is 0 Å². The topological polar surface area (TPSA) is 9.23 Å². The molecule has 162 valence electrons. The van der Waals surface area contributed by atoms with Crippen LogP contribution in [0.3, 0.4) is 0 Å². The first kappa shape index (κ1) is 21.7. The molecule has 0 heterocycles. The number of hydrogen-bond donors (Lipinski definition) is 0. The lowest BCUT2D eigenvalue weighted by molar-refractivity contribution is 0.285. The molecule has 1 nitrogen and oxygen atoms in total. The van der Waals surface area contributed by atoms with Gasteiger partial charge in [0.05, 0.1) is 0 Å². The van der Waals surface area contributed by atoms with Gasteiger partial charge < -0.3 is 4.74 Å². The van der Waals surface area contributed by atoms with Crippen LogP contribution in [-0.2, 0) is 13.0 Å². The average Bonchev–Trinajstić information content (AvgIpc) is 2.81. The highest BCUT2D eigenvalue weighted by molar-refractivity contribution is 5.66. The Morgan fingerprint density at radius 3 is 2.00 bits per heavy atom. The predicted octanol–water partition coefficient (Wildman–Crippen LogP) is 7.89. The fourth-order valence-corrected chi connectivity index (χ4v) is 3.57. The molecule has 4 aromatic carbocycles. The highest BCUT2D eigenvalue weighted by atomic mass is 19.2. The van der Waals surface area contributed by atoms with E-state index in [1.165, 1.54) is 18.2 Å². The van der Waals surface area contributed by atoms with Gasteiger partial charge >= 0.3 is 0 Å². The van der Waals surface area contributed by atoms with Crippen LogP contribution >= 0.6 is 0 Å². The Hall–Kier alpha value is -3.53. The summed E-state index contributed by atoms with van der Waals surface area (Å²) in [5.41, 5.74) is 4.98. The molecule has 0 saturated heterocycles. The van der Waals surface area contributed by atoms with E-state index in [0.29, 0.717) is 17.5 Å². The van der Waals surface area contributed by atoms with Crippen molar-refractivity contribution in [3.05, 3.63) is 113 Å². The summed E-state index contributed by atoms with van der Waals surface area (Å²) >= 11 is 0. The van der Waals surface area contributed by atoms with E-state index in [0.717, 1.165) is 22.3 Å². The number of halogens is 3. The van der Waals surface area contributed by atoms with Crippen LogP contribution in [0.1, 0.15) is 23.6 Å². The first-order valence-corrected chi connectivity index (χ1v) is 10.5. The molecule has 0 radical (unpaired) electrons. The summed E-state index contributed by atoms with van der Waals surface area (Å²) in [6, 6.07) is 22.8. The molecular weight excluding hydrogens is 409 g/mol. The zero-order chi connectivity index (χ0) is 22.7. The first-order chi connectivity index (χ1) is 15.5. The lowest BCUT2D eigenvalue weighted by Gasteiger charge is -2.11. The fourth-order valence-electron chi connectivity index (χ4n) is 3.57. The molecule has 4 rings (SSSR count). The summed E-state index contributed by atoms with van der Waals surface area (Å²) in [5, 5.41) is 0. The monoisotopic (exact) mass is 432 g/mol. The van der Waals surface area contributed by atoms with Gasteiger partial charge in [0.2, 0.25) is 5.82 Å². The molecule has 4 heteroatoms. The summed E-state index contributed by atoms with van der Waals surface area (Å²) in [6.45, 7) is 3.94. The summed E-state index contributed by atoms with van der Waals surface area (Å²) in [5.74, 6) is -2.30. The molecule has 0 aliphatic heterocycles. The van der Waals surface area contributed by atoms with Gasteiger partial charge in [-0.1, -0.05) is 73.2 Å². The normalized spacial score (nSPS) is 10.9. The summed E-state index contributed by atoms with van der Waals surface area (Å²) in [4.78, 5) is 0. The van der Waals surface area contributed by atoms with Crippen molar-refractivity contribution in [3.63, 3.8) is 0 Å². The Labute approximate surface area is 186 Å². The SMILES string of the molecule is CCc1ccc(-c2ccc(COc3ccc(-c4ccc(C)cc4)c(F)c3F)cc2)cc1F. The highest BCUT2D eigenvalue weighted by Crippen LogP contribution is 2.30.